The van der Waals surface area contributed by atoms with Crippen LogP contribution >= 0.6 is 27.3 Å². The number of sulfonamides is 1. The summed E-state index contributed by atoms with van der Waals surface area (Å²) in [5.41, 5.74) is 0. The molecule has 1 aromatic rings. The number of aliphatic hydroxyl groups is 1. The number of thiophene rings is 1. The van der Waals surface area contributed by atoms with Gasteiger partial charge in [0.15, 0.2) is 0 Å². The fourth-order valence-electron chi connectivity index (χ4n) is 2.77. The third-order valence-electron chi connectivity index (χ3n) is 3.89. The summed E-state index contributed by atoms with van der Waals surface area (Å²) >= 11 is 4.54. The van der Waals surface area contributed by atoms with E-state index in [1.807, 2.05) is 0 Å². The summed E-state index contributed by atoms with van der Waals surface area (Å²) in [5, 5.41) is 9.12. The van der Waals surface area contributed by atoms with Crippen LogP contribution in [0, 0.1) is 5.92 Å². The molecule has 4 nitrogen and oxygen atoms in total. The largest absolute Gasteiger partial charge is 0.391 e. The zero-order valence-corrected chi connectivity index (χ0v) is 14.7. The van der Waals surface area contributed by atoms with Crippen molar-refractivity contribution >= 4 is 37.3 Å². The Bertz CT molecular complexity index is 556. The highest BCUT2D eigenvalue weighted by Gasteiger charge is 2.30. The number of rotatable bonds is 5. The second kappa shape index (κ2) is 6.87. The second-order valence-electron chi connectivity index (χ2n) is 5.19. The highest BCUT2D eigenvalue weighted by Crippen LogP contribution is 2.33. The van der Waals surface area contributed by atoms with Crippen LogP contribution in [0.25, 0.3) is 0 Å². The lowest BCUT2D eigenvalue weighted by Crippen LogP contribution is -2.41. The van der Waals surface area contributed by atoms with Gasteiger partial charge in [0, 0.05) is 10.9 Å². The molecule has 20 heavy (non-hydrogen) atoms. The molecule has 1 aromatic heterocycles. The molecular formula is C13H20BrNO3S2. The van der Waals surface area contributed by atoms with Crippen LogP contribution in [0.3, 0.4) is 0 Å². The van der Waals surface area contributed by atoms with E-state index in [1.54, 1.807) is 6.07 Å². The van der Waals surface area contributed by atoms with Gasteiger partial charge in [-0.05, 0) is 40.8 Å². The molecule has 0 saturated heterocycles. The second-order valence-corrected chi connectivity index (χ2v) is 9.33. The molecule has 1 fully saturated rings. The molecule has 2 rings (SSSR count). The minimum Gasteiger partial charge on any atom is -0.391 e. The van der Waals surface area contributed by atoms with Gasteiger partial charge in [-0.15, -0.1) is 11.3 Å². The van der Waals surface area contributed by atoms with Crippen molar-refractivity contribution in [2.75, 3.05) is 0 Å². The van der Waals surface area contributed by atoms with E-state index in [0.29, 0.717) is 14.6 Å². The quantitative estimate of drug-likeness (QED) is 0.822. The van der Waals surface area contributed by atoms with E-state index in [2.05, 4.69) is 27.6 Å². The SMILES string of the molecule is CCC1CCCCC1NS(=O)(=O)c1cc(CO)sc1Br. The van der Waals surface area contributed by atoms with Gasteiger partial charge in [0.2, 0.25) is 10.0 Å². The maximum absolute atomic E-state index is 12.5. The van der Waals surface area contributed by atoms with Crippen LogP contribution in [-0.2, 0) is 16.6 Å². The molecule has 0 bridgehead atoms. The first-order valence-electron chi connectivity index (χ1n) is 6.89. The molecule has 1 saturated carbocycles. The number of aliphatic hydroxyl groups excluding tert-OH is 1. The van der Waals surface area contributed by atoms with Crippen LogP contribution in [0.15, 0.2) is 14.7 Å². The zero-order valence-electron chi connectivity index (χ0n) is 11.4. The first kappa shape index (κ1) is 16.4. The van der Waals surface area contributed by atoms with Crippen LogP contribution in [0.2, 0.25) is 0 Å². The predicted octanol–water partition coefficient (Wildman–Crippen LogP) is 3.25. The molecule has 0 radical (unpaired) electrons. The fraction of sp³-hybridized carbons (Fsp3) is 0.692. The normalized spacial score (nSPS) is 23.9. The predicted molar refractivity (Wildman–Crippen MR) is 84.3 cm³/mol. The summed E-state index contributed by atoms with van der Waals surface area (Å²) in [5.74, 6) is 0.424. The molecule has 0 aliphatic heterocycles. The maximum Gasteiger partial charge on any atom is 0.242 e. The third kappa shape index (κ3) is 3.62. The van der Waals surface area contributed by atoms with Crippen molar-refractivity contribution in [2.45, 2.75) is 56.6 Å². The van der Waals surface area contributed by atoms with Gasteiger partial charge in [0.25, 0.3) is 0 Å². The molecule has 0 spiro atoms. The standard InChI is InChI=1S/C13H20BrNO3S2/c1-2-9-5-3-4-6-11(9)15-20(17,18)12-7-10(8-16)19-13(12)14/h7,9,11,15-16H,2-6,8H2,1H3. The number of nitrogens with one attached hydrogen (secondary N) is 1. The Morgan fingerprint density at radius 1 is 1.45 bits per heavy atom. The maximum atomic E-state index is 12.5. The Labute approximate surface area is 132 Å². The number of hydrogen-bond acceptors (Lipinski definition) is 4. The van der Waals surface area contributed by atoms with E-state index in [-0.39, 0.29) is 17.5 Å². The van der Waals surface area contributed by atoms with Crippen LogP contribution in [0.1, 0.15) is 43.9 Å². The average molecular weight is 382 g/mol. The molecule has 1 aliphatic carbocycles. The monoisotopic (exact) mass is 381 g/mol. The molecule has 7 heteroatoms. The molecule has 2 N–H and O–H groups in total. The molecule has 2 atom stereocenters. The Morgan fingerprint density at radius 3 is 2.75 bits per heavy atom. The van der Waals surface area contributed by atoms with E-state index in [9.17, 15) is 8.42 Å². The first-order valence-corrected chi connectivity index (χ1v) is 9.98. The van der Waals surface area contributed by atoms with Crippen molar-refractivity contribution in [3.05, 3.63) is 14.7 Å². The van der Waals surface area contributed by atoms with Crippen molar-refractivity contribution in [3.8, 4) is 0 Å². The summed E-state index contributed by atoms with van der Waals surface area (Å²) in [6, 6.07) is 1.57. The summed E-state index contributed by atoms with van der Waals surface area (Å²) < 4.78 is 28.4. The Kier molecular flexibility index (Phi) is 5.64. The van der Waals surface area contributed by atoms with Crippen LogP contribution < -0.4 is 4.72 Å². The number of halogens is 1. The van der Waals surface area contributed by atoms with E-state index in [0.717, 1.165) is 25.7 Å². The summed E-state index contributed by atoms with van der Waals surface area (Å²) in [6.45, 7) is 1.97. The van der Waals surface area contributed by atoms with Gasteiger partial charge in [0.1, 0.15) is 4.90 Å². The van der Waals surface area contributed by atoms with Crippen molar-refractivity contribution in [2.24, 2.45) is 5.92 Å². The first-order chi connectivity index (χ1) is 9.47. The third-order valence-corrected chi connectivity index (χ3v) is 7.62. The summed E-state index contributed by atoms with van der Waals surface area (Å²) in [4.78, 5) is 0.889. The lowest BCUT2D eigenvalue weighted by atomic mass is 9.83. The van der Waals surface area contributed by atoms with Crippen molar-refractivity contribution in [1.82, 2.24) is 4.72 Å². The zero-order chi connectivity index (χ0) is 14.8. The molecule has 0 amide bonds. The van der Waals surface area contributed by atoms with Gasteiger partial charge in [0.05, 0.1) is 10.4 Å². The van der Waals surface area contributed by atoms with Gasteiger partial charge in [-0.3, -0.25) is 0 Å². The van der Waals surface area contributed by atoms with Crippen LogP contribution in [0.4, 0.5) is 0 Å². The molecule has 2 unspecified atom stereocenters. The highest BCUT2D eigenvalue weighted by atomic mass is 79.9. The summed E-state index contributed by atoms with van der Waals surface area (Å²) in [7, 11) is -3.52. The molecule has 1 heterocycles. The number of hydrogen-bond donors (Lipinski definition) is 2. The van der Waals surface area contributed by atoms with E-state index in [1.165, 1.54) is 17.8 Å². The molecule has 1 aliphatic rings. The Balaban J connectivity index is 2.19. The van der Waals surface area contributed by atoms with Crippen molar-refractivity contribution in [1.29, 1.82) is 0 Å². The molecule has 0 aromatic carbocycles. The van der Waals surface area contributed by atoms with Crippen molar-refractivity contribution in [3.63, 3.8) is 0 Å². The lowest BCUT2D eigenvalue weighted by Gasteiger charge is -2.31. The Morgan fingerprint density at radius 2 is 2.15 bits per heavy atom. The van der Waals surface area contributed by atoms with Gasteiger partial charge in [-0.25, -0.2) is 13.1 Å². The topological polar surface area (TPSA) is 66.4 Å². The van der Waals surface area contributed by atoms with Crippen LogP contribution in [-0.4, -0.2) is 19.6 Å². The van der Waals surface area contributed by atoms with Gasteiger partial charge >= 0.3 is 0 Å². The van der Waals surface area contributed by atoms with E-state index < -0.39 is 10.0 Å². The molecule has 114 valence electrons. The van der Waals surface area contributed by atoms with Gasteiger partial charge < -0.3 is 5.11 Å². The van der Waals surface area contributed by atoms with Gasteiger partial charge in [-0.2, -0.15) is 0 Å². The van der Waals surface area contributed by atoms with Crippen LogP contribution in [0.5, 0.6) is 0 Å². The minimum atomic E-state index is -3.52. The van der Waals surface area contributed by atoms with E-state index >= 15 is 0 Å². The van der Waals surface area contributed by atoms with E-state index in [4.69, 9.17) is 5.11 Å². The van der Waals surface area contributed by atoms with Gasteiger partial charge in [-0.1, -0.05) is 26.2 Å². The molecular weight excluding hydrogens is 362 g/mol. The highest BCUT2D eigenvalue weighted by molar-refractivity contribution is 9.11. The minimum absolute atomic E-state index is 0.0307. The van der Waals surface area contributed by atoms with Crippen molar-refractivity contribution < 1.29 is 13.5 Å². The summed E-state index contributed by atoms with van der Waals surface area (Å²) in [6.07, 6.45) is 5.27. The lowest BCUT2D eigenvalue weighted by molar-refractivity contribution is 0.282. The fourth-order valence-corrected chi connectivity index (χ4v) is 6.65. The smallest absolute Gasteiger partial charge is 0.242 e. The average Bonchev–Trinajstić information content (AvgIpc) is 2.81. The Hall–Kier alpha value is 0.0500.